The van der Waals surface area contributed by atoms with Gasteiger partial charge in [0.05, 0.1) is 22.3 Å². The van der Waals surface area contributed by atoms with Gasteiger partial charge >= 0.3 is 0 Å². The summed E-state index contributed by atoms with van der Waals surface area (Å²) in [6.07, 6.45) is 8.83. The summed E-state index contributed by atoms with van der Waals surface area (Å²) in [6.45, 7) is 4.88. The molecule has 1 aliphatic rings. The minimum Gasteiger partial charge on any atom is -0.474 e. The normalized spacial score (nSPS) is 17.2. The molecule has 0 radical (unpaired) electrons. The zero-order chi connectivity index (χ0) is 20.4. The maximum absolute atomic E-state index is 11.9. The molecule has 1 fully saturated rings. The second-order valence-corrected chi connectivity index (χ2v) is 7.35. The average Bonchev–Trinajstić information content (AvgIpc) is 3.19. The van der Waals surface area contributed by atoms with E-state index >= 15 is 0 Å². The molecule has 0 spiro atoms. The highest BCUT2D eigenvalue weighted by Crippen LogP contribution is 2.33. The number of nitrogens with one attached hydrogen (secondary N) is 2. The van der Waals surface area contributed by atoms with E-state index in [-0.39, 0.29) is 12.0 Å². The van der Waals surface area contributed by atoms with Crippen molar-refractivity contribution in [3.63, 3.8) is 0 Å². The molecule has 0 aromatic carbocycles. The summed E-state index contributed by atoms with van der Waals surface area (Å²) in [7, 11) is 1.83. The summed E-state index contributed by atoms with van der Waals surface area (Å²) in [6, 6.07) is 0. The van der Waals surface area contributed by atoms with Crippen LogP contribution in [0.15, 0.2) is 31.2 Å². The number of rotatable bonds is 5. The summed E-state index contributed by atoms with van der Waals surface area (Å²) in [5.41, 5.74) is 1.35. The fourth-order valence-corrected chi connectivity index (χ4v) is 3.64. The molecule has 4 heterocycles. The zero-order valence-electron chi connectivity index (χ0n) is 16.1. The first-order valence-electron chi connectivity index (χ1n) is 9.42. The van der Waals surface area contributed by atoms with Crippen LogP contribution in [0.1, 0.15) is 19.3 Å². The third-order valence-corrected chi connectivity index (χ3v) is 5.15. The molecule has 4 rings (SSSR count). The molecule has 0 aliphatic carbocycles. The van der Waals surface area contributed by atoms with Crippen molar-refractivity contribution in [1.29, 1.82) is 0 Å². The monoisotopic (exact) mass is 415 g/mol. The van der Waals surface area contributed by atoms with Crippen molar-refractivity contribution in [3.05, 3.63) is 36.3 Å². The number of halogens is 1. The smallest absolute Gasteiger partial charge is 0.245 e. The fourth-order valence-electron chi connectivity index (χ4n) is 3.41. The molecule has 0 saturated carbocycles. The first kappa shape index (κ1) is 19.3. The van der Waals surface area contributed by atoms with E-state index in [0.29, 0.717) is 47.4 Å². The van der Waals surface area contributed by atoms with E-state index in [1.165, 1.54) is 6.08 Å². The number of carbonyl (C=O) groups excluding carboxylic acids is 1. The number of amides is 1. The summed E-state index contributed by atoms with van der Waals surface area (Å²) in [5.74, 6) is 0.754. The van der Waals surface area contributed by atoms with Crippen LogP contribution < -0.4 is 10.1 Å². The summed E-state index contributed by atoms with van der Waals surface area (Å²) in [4.78, 5) is 25.8. The van der Waals surface area contributed by atoms with Crippen LogP contribution in [0.4, 0.5) is 11.6 Å². The molecule has 0 unspecified atom stereocenters. The number of hydrogen-bond donors (Lipinski definition) is 2. The number of hydrogen-bond acceptors (Lipinski definition) is 6. The predicted molar refractivity (Wildman–Crippen MR) is 110 cm³/mol. The quantitative estimate of drug-likeness (QED) is 0.621. The van der Waals surface area contributed by atoms with Gasteiger partial charge in [-0.15, -0.1) is 0 Å². The van der Waals surface area contributed by atoms with Gasteiger partial charge < -0.3 is 19.9 Å². The van der Waals surface area contributed by atoms with E-state index in [4.69, 9.17) is 16.3 Å². The number of likely N-dealkylation sites (tertiary alicyclic amines) is 1. The lowest BCUT2D eigenvalue weighted by Crippen LogP contribution is -2.30. The van der Waals surface area contributed by atoms with Gasteiger partial charge in [0, 0.05) is 39.0 Å². The highest BCUT2D eigenvalue weighted by atomic mass is 35.5. The van der Waals surface area contributed by atoms with Gasteiger partial charge in [0.15, 0.2) is 0 Å². The Hall–Kier alpha value is -3.07. The third-order valence-electron chi connectivity index (χ3n) is 4.85. The Balaban J connectivity index is 1.57. The molecule has 29 heavy (non-hydrogen) atoms. The van der Waals surface area contributed by atoms with Gasteiger partial charge in [-0.3, -0.25) is 9.48 Å². The van der Waals surface area contributed by atoms with E-state index in [1.807, 2.05) is 13.2 Å². The third kappa shape index (κ3) is 4.19. The molecule has 1 atom stereocenters. The van der Waals surface area contributed by atoms with Gasteiger partial charge in [-0.05, 0) is 18.9 Å². The van der Waals surface area contributed by atoms with Gasteiger partial charge in [-0.1, -0.05) is 18.2 Å². The number of ether oxygens (including phenoxy) is 1. The van der Waals surface area contributed by atoms with E-state index < -0.39 is 0 Å². The largest absolute Gasteiger partial charge is 0.474 e. The lowest BCUT2D eigenvalue weighted by Gasteiger charge is -2.19. The standard InChI is InChI=1S/C19H22ClN7O2/c1-3-15(28)27-7-4-5-13(6-8-27)29-18-16-14(20)10-21-17(16)24-19(25-18)23-12-9-22-26(2)11-12/h3,9-11,13H,1,4-8H2,2H3,(H2,21,23,24,25)/t13-/m1/s1. The Morgan fingerprint density at radius 1 is 1.41 bits per heavy atom. The van der Waals surface area contributed by atoms with Crippen LogP contribution in [0, 0.1) is 0 Å². The van der Waals surface area contributed by atoms with Crippen LogP contribution in [-0.2, 0) is 11.8 Å². The van der Waals surface area contributed by atoms with Crippen molar-refractivity contribution in [2.24, 2.45) is 7.05 Å². The number of anilines is 2. The maximum Gasteiger partial charge on any atom is 0.245 e. The molecular weight excluding hydrogens is 394 g/mol. The second-order valence-electron chi connectivity index (χ2n) is 6.94. The number of aromatic amines is 1. The Bertz CT molecular complexity index is 1040. The average molecular weight is 416 g/mol. The first-order chi connectivity index (χ1) is 14.0. The number of nitrogens with zero attached hydrogens (tertiary/aromatic N) is 5. The SMILES string of the molecule is C=CC(=O)N1CCC[C@@H](Oc2nc(Nc3cnn(C)c3)nc3[nH]cc(Cl)c23)CC1. The Labute approximate surface area is 172 Å². The molecule has 10 heteroatoms. The van der Waals surface area contributed by atoms with Gasteiger partial charge in [0.1, 0.15) is 11.8 Å². The first-order valence-corrected chi connectivity index (χ1v) is 9.79. The minimum atomic E-state index is -0.0760. The predicted octanol–water partition coefficient (Wildman–Crippen LogP) is 3.03. The molecule has 3 aromatic rings. The Kier molecular flexibility index (Phi) is 5.39. The molecule has 0 bridgehead atoms. The van der Waals surface area contributed by atoms with E-state index in [0.717, 1.165) is 18.5 Å². The molecule has 1 saturated heterocycles. The summed E-state index contributed by atoms with van der Waals surface area (Å²) in [5, 5.41) is 8.41. The highest BCUT2D eigenvalue weighted by molar-refractivity contribution is 6.35. The Morgan fingerprint density at radius 3 is 3.03 bits per heavy atom. The molecule has 9 nitrogen and oxygen atoms in total. The minimum absolute atomic E-state index is 0.0493. The van der Waals surface area contributed by atoms with Crippen molar-refractivity contribution < 1.29 is 9.53 Å². The van der Waals surface area contributed by atoms with E-state index in [9.17, 15) is 4.79 Å². The fraction of sp³-hybridized carbons (Fsp3) is 0.368. The van der Waals surface area contributed by atoms with E-state index in [1.54, 1.807) is 22.0 Å². The van der Waals surface area contributed by atoms with Gasteiger partial charge in [0.2, 0.25) is 17.7 Å². The van der Waals surface area contributed by atoms with Crippen LogP contribution in [0.2, 0.25) is 5.02 Å². The van der Waals surface area contributed by atoms with E-state index in [2.05, 4.69) is 31.9 Å². The van der Waals surface area contributed by atoms with Crippen LogP contribution in [-0.4, -0.2) is 54.7 Å². The maximum atomic E-state index is 11.9. The molecule has 1 amide bonds. The number of H-pyrrole nitrogens is 1. The number of aromatic nitrogens is 5. The van der Waals surface area contributed by atoms with Gasteiger partial charge in [0.25, 0.3) is 0 Å². The number of fused-ring (bicyclic) bond motifs is 1. The van der Waals surface area contributed by atoms with Crippen molar-refractivity contribution in [3.8, 4) is 5.88 Å². The van der Waals surface area contributed by atoms with Gasteiger partial charge in [-0.25, -0.2) is 0 Å². The van der Waals surface area contributed by atoms with Crippen molar-refractivity contribution in [2.45, 2.75) is 25.4 Å². The van der Waals surface area contributed by atoms with Crippen LogP contribution in [0.3, 0.4) is 0 Å². The Morgan fingerprint density at radius 2 is 2.28 bits per heavy atom. The lowest BCUT2D eigenvalue weighted by atomic mass is 10.1. The van der Waals surface area contributed by atoms with Crippen molar-refractivity contribution >= 4 is 40.2 Å². The molecule has 1 aliphatic heterocycles. The molecule has 152 valence electrons. The number of aryl methyl sites for hydroxylation is 1. The van der Waals surface area contributed by atoms with Gasteiger partial charge in [-0.2, -0.15) is 15.1 Å². The van der Waals surface area contributed by atoms with Crippen molar-refractivity contribution in [1.82, 2.24) is 29.6 Å². The second kappa shape index (κ2) is 8.12. The zero-order valence-corrected chi connectivity index (χ0v) is 16.8. The lowest BCUT2D eigenvalue weighted by molar-refractivity contribution is -0.126. The molecule has 2 N–H and O–H groups in total. The van der Waals surface area contributed by atoms with Crippen LogP contribution >= 0.6 is 11.6 Å². The van der Waals surface area contributed by atoms with Crippen molar-refractivity contribution in [2.75, 3.05) is 18.4 Å². The molecule has 3 aromatic heterocycles. The summed E-state index contributed by atoms with van der Waals surface area (Å²) >= 11 is 6.34. The summed E-state index contributed by atoms with van der Waals surface area (Å²) < 4.78 is 7.94. The van der Waals surface area contributed by atoms with Crippen LogP contribution in [0.25, 0.3) is 11.0 Å². The number of carbonyl (C=O) groups is 1. The topological polar surface area (TPSA) is 101 Å². The van der Waals surface area contributed by atoms with Crippen LogP contribution in [0.5, 0.6) is 5.88 Å². The highest BCUT2D eigenvalue weighted by Gasteiger charge is 2.23. The molecular formula is C19H22ClN7O2.